The van der Waals surface area contributed by atoms with Gasteiger partial charge >= 0.3 is 0 Å². The van der Waals surface area contributed by atoms with Gasteiger partial charge in [-0.15, -0.1) is 0 Å². The highest BCUT2D eigenvalue weighted by Gasteiger charge is 2.07. The van der Waals surface area contributed by atoms with E-state index in [9.17, 15) is 0 Å². The molecule has 0 saturated heterocycles. The minimum Gasteiger partial charge on any atom is -0.314 e. The van der Waals surface area contributed by atoms with E-state index in [1.165, 1.54) is 5.69 Å². The van der Waals surface area contributed by atoms with Gasteiger partial charge in [-0.05, 0) is 43.9 Å². The van der Waals surface area contributed by atoms with Gasteiger partial charge in [0.05, 0.1) is 16.7 Å². The predicted molar refractivity (Wildman–Crippen MR) is 70.8 cm³/mol. The van der Waals surface area contributed by atoms with Gasteiger partial charge in [0, 0.05) is 25.3 Å². The zero-order valence-corrected chi connectivity index (χ0v) is 12.1. The number of likely N-dealkylation sites (N-methyl/N-ethyl adjacent to an activating group) is 1. The van der Waals surface area contributed by atoms with E-state index in [-0.39, 0.29) is 0 Å². The Labute approximate surface area is 106 Å². The van der Waals surface area contributed by atoms with Crippen LogP contribution in [-0.4, -0.2) is 48.4 Å². The summed E-state index contributed by atoms with van der Waals surface area (Å²) in [6, 6.07) is 0. The SMILES string of the molecule is Cc1nn(CCNCCN(C)C)c(C)c1Br. The topological polar surface area (TPSA) is 33.1 Å². The van der Waals surface area contributed by atoms with Crippen LogP contribution in [0.1, 0.15) is 11.4 Å². The van der Waals surface area contributed by atoms with Crippen molar-refractivity contribution in [2.24, 2.45) is 0 Å². The van der Waals surface area contributed by atoms with Crippen LogP contribution >= 0.6 is 15.9 Å². The molecule has 0 bridgehead atoms. The molecule has 1 heterocycles. The van der Waals surface area contributed by atoms with Crippen molar-refractivity contribution in [1.29, 1.82) is 0 Å². The van der Waals surface area contributed by atoms with Gasteiger partial charge in [0.2, 0.25) is 0 Å². The van der Waals surface area contributed by atoms with E-state index in [1.54, 1.807) is 0 Å². The van der Waals surface area contributed by atoms with Crippen LogP contribution in [-0.2, 0) is 6.54 Å². The van der Waals surface area contributed by atoms with Crippen molar-refractivity contribution in [3.8, 4) is 0 Å². The Bertz CT molecular complexity index is 333. The number of aromatic nitrogens is 2. The summed E-state index contributed by atoms with van der Waals surface area (Å²) < 4.78 is 3.17. The molecule has 4 nitrogen and oxygen atoms in total. The molecule has 1 aromatic heterocycles. The van der Waals surface area contributed by atoms with Gasteiger partial charge in [0.15, 0.2) is 0 Å². The Balaban J connectivity index is 2.29. The summed E-state index contributed by atoms with van der Waals surface area (Å²) in [6.07, 6.45) is 0. The highest BCUT2D eigenvalue weighted by molar-refractivity contribution is 9.10. The molecule has 0 atom stereocenters. The number of nitrogens with one attached hydrogen (secondary N) is 1. The standard InChI is InChI=1S/C11H21BrN4/c1-9-11(12)10(2)16(14-9)8-6-13-5-7-15(3)4/h13H,5-8H2,1-4H3. The average molecular weight is 289 g/mol. The van der Waals surface area contributed by atoms with Gasteiger partial charge < -0.3 is 10.2 Å². The molecule has 0 aromatic carbocycles. The maximum absolute atomic E-state index is 4.46. The average Bonchev–Trinajstić information content (AvgIpc) is 2.45. The van der Waals surface area contributed by atoms with Crippen LogP contribution in [0.15, 0.2) is 4.47 Å². The normalized spacial score (nSPS) is 11.4. The summed E-state index contributed by atoms with van der Waals surface area (Å²) in [7, 11) is 4.17. The second-order valence-corrected chi connectivity index (χ2v) is 5.05. The fourth-order valence-corrected chi connectivity index (χ4v) is 1.79. The largest absolute Gasteiger partial charge is 0.314 e. The van der Waals surface area contributed by atoms with Crippen molar-refractivity contribution in [3.63, 3.8) is 0 Å². The first-order valence-corrected chi connectivity index (χ1v) is 6.36. The Hall–Kier alpha value is -0.390. The Morgan fingerprint density at radius 1 is 1.31 bits per heavy atom. The monoisotopic (exact) mass is 288 g/mol. The lowest BCUT2D eigenvalue weighted by Gasteiger charge is -2.10. The molecular weight excluding hydrogens is 268 g/mol. The van der Waals surface area contributed by atoms with Crippen molar-refractivity contribution < 1.29 is 0 Å². The van der Waals surface area contributed by atoms with Crippen LogP contribution in [0.25, 0.3) is 0 Å². The van der Waals surface area contributed by atoms with Gasteiger partial charge in [0.25, 0.3) is 0 Å². The molecule has 5 heteroatoms. The second kappa shape index (κ2) is 6.37. The maximum atomic E-state index is 4.46. The van der Waals surface area contributed by atoms with Crippen molar-refractivity contribution in [3.05, 3.63) is 15.9 Å². The van der Waals surface area contributed by atoms with E-state index in [4.69, 9.17) is 0 Å². The summed E-state index contributed by atoms with van der Waals surface area (Å²) >= 11 is 3.53. The van der Waals surface area contributed by atoms with Crippen LogP contribution in [0.4, 0.5) is 0 Å². The summed E-state index contributed by atoms with van der Waals surface area (Å²) in [4.78, 5) is 2.17. The van der Waals surface area contributed by atoms with Crippen LogP contribution < -0.4 is 5.32 Å². The quantitative estimate of drug-likeness (QED) is 0.804. The highest BCUT2D eigenvalue weighted by atomic mass is 79.9. The fourth-order valence-electron chi connectivity index (χ4n) is 1.51. The maximum Gasteiger partial charge on any atom is 0.0738 e. The van der Waals surface area contributed by atoms with E-state index in [1.807, 2.05) is 11.6 Å². The van der Waals surface area contributed by atoms with Gasteiger partial charge in [0.1, 0.15) is 0 Å². The van der Waals surface area contributed by atoms with E-state index in [0.717, 1.165) is 36.3 Å². The van der Waals surface area contributed by atoms with E-state index >= 15 is 0 Å². The number of hydrogen-bond acceptors (Lipinski definition) is 3. The third kappa shape index (κ3) is 3.88. The van der Waals surface area contributed by atoms with Gasteiger partial charge in [-0.25, -0.2) is 0 Å². The summed E-state index contributed by atoms with van der Waals surface area (Å²) in [5.41, 5.74) is 2.26. The first-order valence-electron chi connectivity index (χ1n) is 5.57. The van der Waals surface area contributed by atoms with Gasteiger partial charge in [-0.1, -0.05) is 0 Å². The van der Waals surface area contributed by atoms with E-state index < -0.39 is 0 Å². The molecule has 92 valence electrons. The molecule has 0 fully saturated rings. The highest BCUT2D eigenvalue weighted by Crippen LogP contribution is 2.19. The van der Waals surface area contributed by atoms with Crippen LogP contribution in [0.3, 0.4) is 0 Å². The molecule has 0 radical (unpaired) electrons. The van der Waals surface area contributed by atoms with Crippen molar-refractivity contribution in [1.82, 2.24) is 20.0 Å². The lowest BCUT2D eigenvalue weighted by atomic mass is 10.4. The molecule has 1 aromatic rings. The first-order chi connectivity index (χ1) is 7.52. The molecule has 1 rings (SSSR count). The van der Waals surface area contributed by atoms with E-state index in [2.05, 4.69) is 52.3 Å². The number of rotatable bonds is 6. The van der Waals surface area contributed by atoms with Crippen LogP contribution in [0, 0.1) is 13.8 Å². The van der Waals surface area contributed by atoms with Gasteiger partial charge in [-0.2, -0.15) is 5.10 Å². The molecule has 16 heavy (non-hydrogen) atoms. The Morgan fingerprint density at radius 2 is 2.00 bits per heavy atom. The molecule has 0 amide bonds. The van der Waals surface area contributed by atoms with Crippen LogP contribution in [0.5, 0.6) is 0 Å². The number of halogens is 1. The number of aryl methyl sites for hydroxylation is 1. The van der Waals surface area contributed by atoms with Crippen LogP contribution in [0.2, 0.25) is 0 Å². The summed E-state index contributed by atoms with van der Waals surface area (Å²) in [5.74, 6) is 0. The molecule has 0 spiro atoms. The zero-order valence-electron chi connectivity index (χ0n) is 10.5. The van der Waals surface area contributed by atoms with Crippen molar-refractivity contribution in [2.75, 3.05) is 33.7 Å². The van der Waals surface area contributed by atoms with E-state index in [0.29, 0.717) is 0 Å². The fraction of sp³-hybridized carbons (Fsp3) is 0.727. The zero-order chi connectivity index (χ0) is 12.1. The predicted octanol–water partition coefficient (Wildman–Crippen LogP) is 1.41. The molecule has 0 aliphatic carbocycles. The summed E-state index contributed by atoms with van der Waals surface area (Å²) in [5, 5.41) is 7.87. The summed E-state index contributed by atoms with van der Waals surface area (Å²) in [6.45, 7) is 8.08. The number of nitrogens with zero attached hydrogens (tertiary/aromatic N) is 3. The molecular formula is C11H21BrN4. The molecule has 1 N–H and O–H groups in total. The molecule has 0 aliphatic rings. The van der Waals surface area contributed by atoms with Crippen molar-refractivity contribution in [2.45, 2.75) is 20.4 Å². The van der Waals surface area contributed by atoms with Crippen molar-refractivity contribution >= 4 is 15.9 Å². The molecule has 0 saturated carbocycles. The molecule has 0 unspecified atom stereocenters. The third-order valence-electron chi connectivity index (χ3n) is 2.53. The Morgan fingerprint density at radius 3 is 2.50 bits per heavy atom. The first kappa shape index (κ1) is 13.7. The van der Waals surface area contributed by atoms with Gasteiger partial charge in [-0.3, -0.25) is 4.68 Å². The third-order valence-corrected chi connectivity index (χ3v) is 3.68. The smallest absolute Gasteiger partial charge is 0.0738 e. The lowest BCUT2D eigenvalue weighted by Crippen LogP contribution is -2.29. The Kier molecular flexibility index (Phi) is 5.44. The minimum atomic E-state index is 0.922. The second-order valence-electron chi connectivity index (χ2n) is 4.26. The lowest BCUT2D eigenvalue weighted by molar-refractivity contribution is 0.396. The number of hydrogen-bond donors (Lipinski definition) is 1. The molecule has 0 aliphatic heterocycles. The minimum absolute atomic E-state index is 0.922.